The zero-order valence-electron chi connectivity index (χ0n) is 11.1. The summed E-state index contributed by atoms with van der Waals surface area (Å²) in [6, 6.07) is 0.781. The Kier molecular flexibility index (Phi) is 3.97. The van der Waals surface area contributed by atoms with Crippen molar-refractivity contribution in [3.63, 3.8) is 0 Å². The van der Waals surface area contributed by atoms with Gasteiger partial charge in [0.05, 0.1) is 10.7 Å². The molecule has 0 spiro atoms. The number of hydrogen-bond acceptors (Lipinski definition) is 4. The minimum Gasteiger partial charge on any atom is -0.381 e. The molecule has 0 atom stereocenters. The monoisotopic (exact) mass is 266 g/mol. The van der Waals surface area contributed by atoms with Gasteiger partial charge in [0.25, 0.3) is 0 Å². The van der Waals surface area contributed by atoms with Gasteiger partial charge in [0.2, 0.25) is 0 Å². The van der Waals surface area contributed by atoms with Crippen molar-refractivity contribution in [2.75, 3.05) is 13.2 Å². The molecule has 2 heterocycles. The molecule has 100 valence electrons. The standard InChI is InChI=1S/C14H22N2OS/c1-2-12-13(9-15-11-3-4-11)18-14(16-12)10-5-7-17-8-6-10/h10-11,15H,2-9H2,1H3. The lowest BCUT2D eigenvalue weighted by atomic mass is 10.0. The predicted octanol–water partition coefficient (Wildman–Crippen LogP) is 2.85. The lowest BCUT2D eigenvalue weighted by Gasteiger charge is -2.19. The first-order valence-corrected chi connectivity index (χ1v) is 7.98. The largest absolute Gasteiger partial charge is 0.381 e. The second kappa shape index (κ2) is 5.68. The molecule has 1 aromatic heterocycles. The normalized spacial score (nSPS) is 21.4. The molecule has 1 saturated carbocycles. The summed E-state index contributed by atoms with van der Waals surface area (Å²) in [6.07, 6.45) is 6.06. The maximum atomic E-state index is 5.44. The highest BCUT2D eigenvalue weighted by atomic mass is 32.1. The minimum atomic E-state index is 0.642. The van der Waals surface area contributed by atoms with Crippen molar-refractivity contribution in [2.45, 2.75) is 57.5 Å². The van der Waals surface area contributed by atoms with E-state index in [1.807, 2.05) is 11.3 Å². The third kappa shape index (κ3) is 2.92. The van der Waals surface area contributed by atoms with E-state index in [9.17, 15) is 0 Å². The Morgan fingerprint density at radius 1 is 1.28 bits per heavy atom. The van der Waals surface area contributed by atoms with Crippen LogP contribution in [0.5, 0.6) is 0 Å². The van der Waals surface area contributed by atoms with E-state index in [2.05, 4.69) is 12.2 Å². The molecule has 1 N–H and O–H groups in total. The number of aromatic nitrogens is 1. The highest BCUT2D eigenvalue weighted by Crippen LogP contribution is 2.32. The summed E-state index contributed by atoms with van der Waals surface area (Å²) in [5.41, 5.74) is 1.31. The van der Waals surface area contributed by atoms with E-state index in [0.29, 0.717) is 5.92 Å². The van der Waals surface area contributed by atoms with Crippen molar-refractivity contribution in [3.05, 3.63) is 15.6 Å². The topological polar surface area (TPSA) is 34.1 Å². The summed E-state index contributed by atoms with van der Waals surface area (Å²) < 4.78 is 5.44. The van der Waals surface area contributed by atoms with Crippen molar-refractivity contribution >= 4 is 11.3 Å². The molecule has 3 nitrogen and oxygen atoms in total. The maximum absolute atomic E-state index is 5.44. The van der Waals surface area contributed by atoms with Crippen LogP contribution in [0.15, 0.2) is 0 Å². The van der Waals surface area contributed by atoms with Gasteiger partial charge < -0.3 is 10.1 Å². The fourth-order valence-electron chi connectivity index (χ4n) is 2.46. The molecule has 18 heavy (non-hydrogen) atoms. The van der Waals surface area contributed by atoms with Crippen LogP contribution in [0.3, 0.4) is 0 Å². The molecule has 0 radical (unpaired) electrons. The van der Waals surface area contributed by atoms with E-state index < -0.39 is 0 Å². The van der Waals surface area contributed by atoms with Crippen LogP contribution in [-0.4, -0.2) is 24.2 Å². The van der Waals surface area contributed by atoms with Crippen LogP contribution < -0.4 is 5.32 Å². The van der Waals surface area contributed by atoms with Crippen LogP contribution in [0.2, 0.25) is 0 Å². The van der Waals surface area contributed by atoms with Gasteiger partial charge in [-0.15, -0.1) is 11.3 Å². The molecule has 1 aliphatic carbocycles. The third-order valence-electron chi connectivity index (χ3n) is 3.83. The smallest absolute Gasteiger partial charge is 0.0964 e. The summed E-state index contributed by atoms with van der Waals surface area (Å²) in [7, 11) is 0. The van der Waals surface area contributed by atoms with E-state index in [4.69, 9.17) is 9.72 Å². The zero-order valence-corrected chi connectivity index (χ0v) is 11.9. The van der Waals surface area contributed by atoms with Gasteiger partial charge in [-0.25, -0.2) is 4.98 Å². The SMILES string of the molecule is CCc1nc(C2CCOCC2)sc1CNC1CC1. The Hall–Kier alpha value is -0.450. The average Bonchev–Trinajstić information content (AvgIpc) is 3.16. The van der Waals surface area contributed by atoms with Gasteiger partial charge in [-0.2, -0.15) is 0 Å². The second-order valence-corrected chi connectivity index (χ2v) is 6.43. The Balaban J connectivity index is 1.69. The van der Waals surface area contributed by atoms with Gasteiger partial charge in [0, 0.05) is 36.6 Å². The molecule has 0 amide bonds. The molecular weight excluding hydrogens is 244 g/mol. The van der Waals surface area contributed by atoms with E-state index in [1.165, 1.54) is 28.4 Å². The summed E-state index contributed by atoms with van der Waals surface area (Å²) in [5.74, 6) is 0.642. The fraction of sp³-hybridized carbons (Fsp3) is 0.786. The van der Waals surface area contributed by atoms with Crippen molar-refractivity contribution < 1.29 is 4.74 Å². The first-order chi connectivity index (χ1) is 8.86. The molecule has 4 heteroatoms. The lowest BCUT2D eigenvalue weighted by molar-refractivity contribution is 0.0852. The minimum absolute atomic E-state index is 0.642. The highest BCUT2D eigenvalue weighted by molar-refractivity contribution is 7.11. The number of thiazole rings is 1. The Morgan fingerprint density at radius 3 is 2.72 bits per heavy atom. The number of nitrogens with zero attached hydrogens (tertiary/aromatic N) is 1. The van der Waals surface area contributed by atoms with Gasteiger partial charge in [0.15, 0.2) is 0 Å². The molecule has 1 aromatic rings. The third-order valence-corrected chi connectivity index (χ3v) is 5.09. The van der Waals surface area contributed by atoms with Crippen LogP contribution in [0.4, 0.5) is 0 Å². The van der Waals surface area contributed by atoms with E-state index >= 15 is 0 Å². The molecule has 2 fully saturated rings. The van der Waals surface area contributed by atoms with Crippen LogP contribution in [0, 0.1) is 0 Å². The van der Waals surface area contributed by atoms with Gasteiger partial charge in [0.1, 0.15) is 0 Å². The second-order valence-electron chi connectivity index (χ2n) is 5.32. The number of nitrogens with one attached hydrogen (secondary N) is 1. The van der Waals surface area contributed by atoms with Gasteiger partial charge >= 0.3 is 0 Å². The van der Waals surface area contributed by atoms with Gasteiger partial charge in [-0.05, 0) is 32.1 Å². The van der Waals surface area contributed by atoms with Crippen LogP contribution in [-0.2, 0) is 17.7 Å². The van der Waals surface area contributed by atoms with Crippen molar-refractivity contribution in [3.8, 4) is 0 Å². The van der Waals surface area contributed by atoms with Crippen LogP contribution in [0.25, 0.3) is 0 Å². The van der Waals surface area contributed by atoms with Gasteiger partial charge in [-0.1, -0.05) is 6.92 Å². The summed E-state index contributed by atoms with van der Waals surface area (Å²) >= 11 is 1.93. The quantitative estimate of drug-likeness (QED) is 0.890. The first-order valence-electron chi connectivity index (χ1n) is 7.16. The molecule has 0 aromatic carbocycles. The van der Waals surface area contributed by atoms with E-state index in [1.54, 1.807) is 0 Å². The number of aryl methyl sites for hydroxylation is 1. The first kappa shape index (κ1) is 12.6. The Bertz CT molecular complexity index is 394. The predicted molar refractivity (Wildman–Crippen MR) is 74.1 cm³/mol. The van der Waals surface area contributed by atoms with Crippen LogP contribution in [0.1, 0.15) is 54.1 Å². The average molecular weight is 266 g/mol. The van der Waals surface area contributed by atoms with Crippen molar-refractivity contribution in [1.82, 2.24) is 10.3 Å². The zero-order chi connectivity index (χ0) is 12.4. The van der Waals surface area contributed by atoms with Gasteiger partial charge in [-0.3, -0.25) is 0 Å². The lowest BCUT2D eigenvalue weighted by Crippen LogP contribution is -2.15. The highest BCUT2D eigenvalue weighted by Gasteiger charge is 2.23. The number of hydrogen-bond donors (Lipinski definition) is 1. The molecule has 1 aliphatic heterocycles. The molecular formula is C14H22N2OS. The fourth-order valence-corrected chi connectivity index (χ4v) is 3.74. The van der Waals surface area contributed by atoms with Crippen molar-refractivity contribution in [1.29, 1.82) is 0 Å². The molecule has 1 saturated heterocycles. The number of rotatable bonds is 5. The summed E-state index contributed by atoms with van der Waals surface area (Å²) in [5, 5.41) is 4.96. The van der Waals surface area contributed by atoms with E-state index in [0.717, 1.165) is 45.1 Å². The summed E-state index contributed by atoms with van der Waals surface area (Å²) in [4.78, 5) is 6.34. The Morgan fingerprint density at radius 2 is 2.06 bits per heavy atom. The molecule has 2 aliphatic rings. The maximum Gasteiger partial charge on any atom is 0.0964 e. The Labute approximate surface area is 113 Å². The summed E-state index contributed by atoms with van der Waals surface area (Å²) in [6.45, 7) is 5.04. The molecule has 0 bridgehead atoms. The van der Waals surface area contributed by atoms with E-state index in [-0.39, 0.29) is 0 Å². The molecule has 0 unspecified atom stereocenters. The molecule has 3 rings (SSSR count). The van der Waals surface area contributed by atoms with Crippen LogP contribution >= 0.6 is 11.3 Å². The van der Waals surface area contributed by atoms with Crippen molar-refractivity contribution in [2.24, 2.45) is 0 Å². The number of ether oxygens (including phenoxy) is 1.